The van der Waals surface area contributed by atoms with Crippen molar-refractivity contribution in [1.82, 2.24) is 15.6 Å². The fourth-order valence-electron chi connectivity index (χ4n) is 4.04. The third-order valence-electron chi connectivity index (χ3n) is 5.81. The zero-order valence-electron chi connectivity index (χ0n) is 18.6. The highest BCUT2D eigenvalue weighted by Gasteiger charge is 2.18. The minimum atomic E-state index is -0.331. The average Bonchev–Trinajstić information content (AvgIpc) is 3.25. The molecule has 33 heavy (non-hydrogen) atoms. The molecule has 0 aliphatic carbocycles. The molecule has 1 aromatic heterocycles. The van der Waals surface area contributed by atoms with Gasteiger partial charge in [0.15, 0.2) is 0 Å². The quantitative estimate of drug-likeness (QED) is 0.125. The Balaban J connectivity index is 1.40. The van der Waals surface area contributed by atoms with Crippen LogP contribution in [-0.4, -0.2) is 29.4 Å². The predicted octanol–water partition coefficient (Wildman–Crippen LogP) is 1.23. The molecule has 1 amide bonds. The van der Waals surface area contributed by atoms with Crippen molar-refractivity contribution in [1.29, 1.82) is 0 Å². The molecule has 1 atom stereocenters. The molecule has 0 bridgehead atoms. The predicted molar refractivity (Wildman–Crippen MR) is 133 cm³/mol. The molecular formula is C26H31N6O+. The lowest BCUT2D eigenvalue weighted by atomic mass is 10.1. The van der Waals surface area contributed by atoms with Crippen molar-refractivity contribution in [3.8, 4) is 0 Å². The van der Waals surface area contributed by atoms with Crippen LogP contribution < -0.4 is 27.1 Å². The van der Waals surface area contributed by atoms with Crippen LogP contribution in [0.5, 0.6) is 0 Å². The lowest BCUT2D eigenvalue weighted by molar-refractivity contribution is -0.459. The molecule has 0 radical (unpaired) electrons. The number of rotatable bonds is 10. The number of fused-ring (bicyclic) bond motifs is 2. The van der Waals surface area contributed by atoms with E-state index in [2.05, 4.69) is 57.0 Å². The second-order valence-electron chi connectivity index (χ2n) is 8.22. The lowest BCUT2D eigenvalue weighted by Crippen LogP contribution is -2.78. The Kier molecular flexibility index (Phi) is 7.22. The van der Waals surface area contributed by atoms with E-state index in [4.69, 9.17) is 11.5 Å². The summed E-state index contributed by atoms with van der Waals surface area (Å²) in [6, 6.07) is 22.4. The molecule has 0 aliphatic heterocycles. The summed E-state index contributed by atoms with van der Waals surface area (Å²) in [6.07, 6.45) is 3.37. The van der Waals surface area contributed by atoms with Gasteiger partial charge >= 0.3 is 5.96 Å². The third kappa shape index (κ3) is 5.90. The van der Waals surface area contributed by atoms with Gasteiger partial charge in [-0.25, -0.2) is 0 Å². The minimum absolute atomic E-state index is 0.0224. The summed E-state index contributed by atoms with van der Waals surface area (Å²) in [5.74, 6) is 0.172. The fraction of sp³-hybridized carbons (Fsp3) is 0.231. The van der Waals surface area contributed by atoms with E-state index in [-0.39, 0.29) is 17.9 Å². The molecule has 8 N–H and O–H groups in total. The normalized spacial score (nSPS) is 12.0. The van der Waals surface area contributed by atoms with Gasteiger partial charge in [0.05, 0.1) is 12.6 Å². The standard InChI is InChI=1S/C26H30N6O/c27-26(28)29-13-5-10-24(30-15-18-11-12-19-6-1-2-7-20(19)14-18)25(33)32-17-21-16-31-23-9-4-3-8-22(21)23/h1-4,6-9,11-12,14,16,24,30-31H,5,10,13,15,17H2,(H,32,33)(H4,27,28,29)/p+1/t24-/m0/s1. The van der Waals surface area contributed by atoms with Crippen molar-refractivity contribution >= 4 is 33.5 Å². The number of para-hydroxylation sites is 1. The first-order valence-corrected chi connectivity index (χ1v) is 11.3. The summed E-state index contributed by atoms with van der Waals surface area (Å²) in [5, 5.41) is 10.1. The number of H-pyrrole nitrogens is 1. The first-order chi connectivity index (χ1) is 16.1. The number of benzene rings is 3. The van der Waals surface area contributed by atoms with E-state index >= 15 is 0 Å². The molecule has 7 heteroatoms. The van der Waals surface area contributed by atoms with Crippen LogP contribution in [0.4, 0.5) is 0 Å². The highest BCUT2D eigenvalue weighted by atomic mass is 16.2. The van der Waals surface area contributed by atoms with Gasteiger partial charge in [-0.05, 0) is 46.9 Å². The number of aromatic amines is 1. The van der Waals surface area contributed by atoms with E-state index in [1.54, 1.807) is 0 Å². The average molecular weight is 444 g/mol. The number of guanidine groups is 1. The van der Waals surface area contributed by atoms with Gasteiger partial charge in [0.1, 0.15) is 0 Å². The van der Waals surface area contributed by atoms with Crippen molar-refractivity contribution in [2.45, 2.75) is 32.0 Å². The number of hydrogen-bond acceptors (Lipinski definition) is 2. The largest absolute Gasteiger partial charge is 0.361 e. The topological polar surface area (TPSA) is 123 Å². The smallest absolute Gasteiger partial charge is 0.338 e. The minimum Gasteiger partial charge on any atom is -0.361 e. The summed E-state index contributed by atoms with van der Waals surface area (Å²) < 4.78 is 0. The maximum Gasteiger partial charge on any atom is 0.338 e. The number of carbonyl (C=O) groups is 1. The van der Waals surface area contributed by atoms with Gasteiger partial charge < -0.3 is 15.6 Å². The Labute approximate surface area is 193 Å². The number of hydrogen-bond donors (Lipinski definition) is 6. The number of nitrogens with two attached hydrogens (primary N) is 2. The summed E-state index contributed by atoms with van der Waals surface area (Å²) in [5.41, 5.74) is 14.2. The molecule has 4 rings (SSSR count). The van der Waals surface area contributed by atoms with E-state index in [9.17, 15) is 4.79 Å². The molecule has 0 aliphatic rings. The van der Waals surface area contributed by atoms with E-state index < -0.39 is 0 Å². The molecule has 0 spiro atoms. The van der Waals surface area contributed by atoms with Gasteiger partial charge in [-0.2, -0.15) is 0 Å². The SMILES string of the molecule is NC(N)=[NH+]CCC[C@H](NCc1ccc2ccccc2c1)C(=O)NCc1c[nH]c2ccccc12. The molecule has 0 fully saturated rings. The zero-order chi connectivity index (χ0) is 23.0. The van der Waals surface area contributed by atoms with Crippen LogP contribution >= 0.6 is 0 Å². The number of nitrogens with one attached hydrogen (secondary N) is 4. The monoisotopic (exact) mass is 443 g/mol. The van der Waals surface area contributed by atoms with Crippen molar-refractivity contribution in [2.24, 2.45) is 11.5 Å². The molecule has 1 heterocycles. The summed E-state index contributed by atoms with van der Waals surface area (Å²) in [7, 11) is 0. The van der Waals surface area contributed by atoms with Crippen LogP contribution in [0.25, 0.3) is 21.7 Å². The van der Waals surface area contributed by atoms with E-state index in [1.807, 2.05) is 36.5 Å². The van der Waals surface area contributed by atoms with Crippen LogP contribution in [0, 0.1) is 0 Å². The van der Waals surface area contributed by atoms with Gasteiger partial charge in [-0.15, -0.1) is 0 Å². The molecular weight excluding hydrogens is 412 g/mol. The Hall–Kier alpha value is -3.84. The number of carbonyl (C=O) groups excluding carboxylic acids is 1. The molecule has 3 aromatic carbocycles. The summed E-state index contributed by atoms with van der Waals surface area (Å²) in [6.45, 7) is 1.69. The highest BCUT2D eigenvalue weighted by Crippen LogP contribution is 2.18. The Morgan fingerprint density at radius 1 is 0.970 bits per heavy atom. The fourth-order valence-corrected chi connectivity index (χ4v) is 4.04. The number of amides is 1. The third-order valence-corrected chi connectivity index (χ3v) is 5.81. The second-order valence-corrected chi connectivity index (χ2v) is 8.22. The first-order valence-electron chi connectivity index (χ1n) is 11.3. The summed E-state index contributed by atoms with van der Waals surface area (Å²) >= 11 is 0. The van der Waals surface area contributed by atoms with Crippen LogP contribution in [0.2, 0.25) is 0 Å². The van der Waals surface area contributed by atoms with Crippen molar-refractivity contribution in [2.75, 3.05) is 6.54 Å². The Bertz CT molecular complexity index is 1260. The second kappa shape index (κ2) is 10.7. The number of aromatic nitrogens is 1. The molecule has 0 saturated carbocycles. The molecule has 7 nitrogen and oxygen atoms in total. The van der Waals surface area contributed by atoms with E-state index in [0.29, 0.717) is 26.1 Å². The zero-order valence-corrected chi connectivity index (χ0v) is 18.6. The van der Waals surface area contributed by atoms with Crippen molar-refractivity contribution in [3.63, 3.8) is 0 Å². The van der Waals surface area contributed by atoms with Crippen molar-refractivity contribution < 1.29 is 9.79 Å². The lowest BCUT2D eigenvalue weighted by Gasteiger charge is -2.18. The molecule has 0 saturated heterocycles. The van der Waals surface area contributed by atoms with Crippen molar-refractivity contribution in [3.05, 3.63) is 84.1 Å². The van der Waals surface area contributed by atoms with Crippen LogP contribution in [0.15, 0.2) is 72.9 Å². The molecule has 0 unspecified atom stereocenters. The van der Waals surface area contributed by atoms with Gasteiger partial charge in [-0.1, -0.05) is 54.6 Å². The maximum atomic E-state index is 13.1. The Morgan fingerprint density at radius 3 is 2.61 bits per heavy atom. The van der Waals surface area contributed by atoms with Gasteiger partial charge in [0, 0.05) is 30.2 Å². The van der Waals surface area contributed by atoms with Crippen LogP contribution in [-0.2, 0) is 17.9 Å². The van der Waals surface area contributed by atoms with Gasteiger partial charge in [0.2, 0.25) is 5.91 Å². The maximum absolute atomic E-state index is 13.1. The van der Waals surface area contributed by atoms with Crippen LogP contribution in [0.3, 0.4) is 0 Å². The van der Waals surface area contributed by atoms with Gasteiger partial charge in [-0.3, -0.25) is 21.3 Å². The highest BCUT2D eigenvalue weighted by molar-refractivity contribution is 5.85. The van der Waals surface area contributed by atoms with E-state index in [1.165, 1.54) is 10.8 Å². The van der Waals surface area contributed by atoms with Crippen LogP contribution in [0.1, 0.15) is 24.0 Å². The molecule has 4 aromatic rings. The van der Waals surface area contributed by atoms with Gasteiger partial charge in [0.25, 0.3) is 0 Å². The molecule has 170 valence electrons. The Morgan fingerprint density at radius 2 is 1.76 bits per heavy atom. The van der Waals surface area contributed by atoms with E-state index in [0.717, 1.165) is 28.5 Å². The first kappa shape index (κ1) is 22.4. The summed E-state index contributed by atoms with van der Waals surface area (Å²) in [4.78, 5) is 19.2.